The van der Waals surface area contributed by atoms with Crippen molar-refractivity contribution in [3.8, 4) is 0 Å². The number of piperidine rings is 3. The molecule has 4 heterocycles. The second-order valence-corrected chi connectivity index (χ2v) is 6.81. The first-order valence-electron chi connectivity index (χ1n) is 10.1. The number of hydrogen-bond donors (Lipinski definition) is 0. The standard InChI is InChI=1S/C5H7N2.3C5H10N.Ti/c1-4-3-6-7-5(4)2;3*1-2-4-6-5-3-1;/h3H,1-2H3;3*1-5H2;/q4*-1;+4. The molecule has 3 aliphatic heterocycles. The average Bonchev–Trinajstić information content (AvgIpc) is 3.10. The van der Waals surface area contributed by atoms with Crippen LogP contribution in [-0.2, 0) is 21.7 Å². The zero-order valence-corrected chi connectivity index (χ0v) is 18.5. The molecule has 0 atom stereocenters. The smallest absolute Gasteiger partial charge is 0.662 e. The van der Waals surface area contributed by atoms with Gasteiger partial charge in [-0.05, 0) is 13.8 Å². The van der Waals surface area contributed by atoms with E-state index in [1.807, 2.05) is 13.8 Å². The third-order valence-electron chi connectivity index (χ3n) is 4.43. The molecule has 0 aromatic carbocycles. The van der Waals surface area contributed by atoms with Gasteiger partial charge in [-0.25, -0.2) is 0 Å². The maximum absolute atomic E-state index is 4.18. The van der Waals surface area contributed by atoms with Crippen molar-refractivity contribution in [3.63, 3.8) is 0 Å². The van der Waals surface area contributed by atoms with Crippen LogP contribution in [0.25, 0.3) is 16.0 Å². The Morgan fingerprint density at radius 3 is 1.04 bits per heavy atom. The largest absolute Gasteiger partial charge is 4.00 e. The zero-order valence-electron chi connectivity index (χ0n) is 16.9. The van der Waals surface area contributed by atoms with E-state index < -0.39 is 0 Å². The van der Waals surface area contributed by atoms with Crippen LogP contribution in [-0.4, -0.2) is 44.4 Å². The predicted octanol–water partition coefficient (Wildman–Crippen LogP) is 5.29. The summed E-state index contributed by atoms with van der Waals surface area (Å²) in [5, 5.41) is 20.0. The second kappa shape index (κ2) is 19.6. The Hall–Kier alpha value is -0.196. The van der Waals surface area contributed by atoms with Crippen LogP contribution >= 0.6 is 0 Å². The summed E-state index contributed by atoms with van der Waals surface area (Å²) in [6, 6.07) is 0. The first kappa shape index (κ1) is 25.8. The maximum atomic E-state index is 4.18. The van der Waals surface area contributed by atoms with Gasteiger partial charge in [0, 0.05) is 5.69 Å². The minimum Gasteiger partial charge on any atom is -0.662 e. The molecule has 3 saturated heterocycles. The topological polar surface area (TPSA) is 69.3 Å². The van der Waals surface area contributed by atoms with Gasteiger partial charge in [-0.15, -0.1) is 39.3 Å². The fourth-order valence-corrected chi connectivity index (χ4v) is 2.58. The molecule has 0 unspecified atom stereocenters. The first-order chi connectivity index (χ1) is 12.3. The van der Waals surface area contributed by atoms with Gasteiger partial charge in [0.1, 0.15) is 0 Å². The Labute approximate surface area is 176 Å². The van der Waals surface area contributed by atoms with Crippen molar-refractivity contribution in [2.24, 2.45) is 0 Å². The molecule has 1 aromatic rings. The minimum absolute atomic E-state index is 0. The molecule has 1 aromatic heterocycles. The summed E-state index contributed by atoms with van der Waals surface area (Å²) >= 11 is 0. The zero-order chi connectivity index (χ0) is 18.0. The number of nitrogens with zero attached hydrogens (tertiary/aromatic N) is 5. The average molecular weight is 395 g/mol. The maximum Gasteiger partial charge on any atom is 4.00 e. The summed E-state index contributed by atoms with van der Waals surface area (Å²) in [5.41, 5.74) is 2.19. The third-order valence-corrected chi connectivity index (χ3v) is 4.43. The van der Waals surface area contributed by atoms with Crippen LogP contribution in [0, 0.1) is 13.8 Å². The molecule has 0 radical (unpaired) electrons. The van der Waals surface area contributed by atoms with Crippen LogP contribution in [0.2, 0.25) is 0 Å². The monoisotopic (exact) mass is 395 g/mol. The van der Waals surface area contributed by atoms with Gasteiger partial charge in [-0.1, -0.05) is 63.4 Å². The van der Waals surface area contributed by atoms with Crippen molar-refractivity contribution in [1.82, 2.24) is 10.2 Å². The van der Waals surface area contributed by atoms with Crippen LogP contribution in [0.4, 0.5) is 0 Å². The first-order valence-corrected chi connectivity index (χ1v) is 10.1. The van der Waals surface area contributed by atoms with E-state index in [1.165, 1.54) is 63.4 Å². The molecular formula is C20H37N5Ti. The van der Waals surface area contributed by atoms with Gasteiger partial charge in [0.2, 0.25) is 0 Å². The number of aryl methyl sites for hydroxylation is 2. The third kappa shape index (κ3) is 16.0. The molecule has 0 saturated carbocycles. The van der Waals surface area contributed by atoms with Gasteiger partial charge < -0.3 is 26.1 Å². The van der Waals surface area contributed by atoms with Gasteiger partial charge in [0.15, 0.2) is 0 Å². The quantitative estimate of drug-likeness (QED) is 0.561. The fraction of sp³-hybridized carbons (Fsp3) is 0.850. The minimum atomic E-state index is 0. The summed E-state index contributed by atoms with van der Waals surface area (Å²) in [5.74, 6) is 0. The van der Waals surface area contributed by atoms with Crippen molar-refractivity contribution in [2.45, 2.75) is 71.6 Å². The van der Waals surface area contributed by atoms with Crippen molar-refractivity contribution >= 4 is 0 Å². The Bertz CT molecular complexity index is 306. The van der Waals surface area contributed by atoms with Crippen molar-refractivity contribution in [2.75, 3.05) is 39.3 Å². The predicted molar refractivity (Wildman–Crippen MR) is 108 cm³/mol. The molecular weight excluding hydrogens is 358 g/mol. The van der Waals surface area contributed by atoms with E-state index in [-0.39, 0.29) is 21.7 Å². The Balaban J connectivity index is 0.000000317. The van der Waals surface area contributed by atoms with Crippen molar-refractivity contribution in [3.05, 3.63) is 33.4 Å². The molecule has 0 amide bonds. The summed E-state index contributed by atoms with van der Waals surface area (Å²) < 4.78 is 0. The van der Waals surface area contributed by atoms with Crippen LogP contribution < -0.4 is 5.10 Å². The summed E-state index contributed by atoms with van der Waals surface area (Å²) in [6.07, 6.45) is 14.0. The molecule has 0 bridgehead atoms. The molecule has 0 spiro atoms. The van der Waals surface area contributed by atoms with E-state index in [9.17, 15) is 0 Å². The molecule has 0 aliphatic carbocycles. The van der Waals surface area contributed by atoms with Gasteiger partial charge in [-0.2, -0.15) is 6.20 Å². The Morgan fingerprint density at radius 2 is 0.962 bits per heavy atom. The molecule has 3 fully saturated rings. The van der Waals surface area contributed by atoms with E-state index in [0.29, 0.717) is 0 Å². The van der Waals surface area contributed by atoms with E-state index >= 15 is 0 Å². The van der Waals surface area contributed by atoms with Crippen LogP contribution in [0.3, 0.4) is 0 Å². The molecule has 6 heteroatoms. The molecule has 26 heavy (non-hydrogen) atoms. The van der Waals surface area contributed by atoms with E-state index in [4.69, 9.17) is 0 Å². The molecule has 3 aliphatic rings. The molecule has 146 valence electrons. The van der Waals surface area contributed by atoms with Gasteiger partial charge in [-0.3, -0.25) is 0 Å². The summed E-state index contributed by atoms with van der Waals surface area (Å²) in [4.78, 5) is 0. The molecule has 5 nitrogen and oxygen atoms in total. The van der Waals surface area contributed by atoms with Crippen LogP contribution in [0.1, 0.15) is 69.0 Å². The SMILES string of the molecule is C1CC[N-]CC1.C1CC[N-]CC1.C1CC[N-]CC1.Cc1c[n-]nc1C.[Ti+4]. The van der Waals surface area contributed by atoms with Gasteiger partial charge in [0.05, 0.1) is 0 Å². The number of aromatic nitrogens is 2. The Morgan fingerprint density at radius 1 is 0.615 bits per heavy atom. The summed E-state index contributed by atoms with van der Waals surface area (Å²) in [6.45, 7) is 10.7. The second-order valence-electron chi connectivity index (χ2n) is 6.81. The molecule has 4 rings (SSSR count). The Kier molecular flexibility index (Phi) is 19.4. The van der Waals surface area contributed by atoms with E-state index in [2.05, 4.69) is 26.1 Å². The van der Waals surface area contributed by atoms with Crippen molar-refractivity contribution in [1.29, 1.82) is 0 Å². The van der Waals surface area contributed by atoms with Gasteiger partial charge >= 0.3 is 21.7 Å². The fourth-order valence-electron chi connectivity index (χ4n) is 2.58. The van der Waals surface area contributed by atoms with Gasteiger partial charge in [0.25, 0.3) is 0 Å². The summed E-state index contributed by atoms with van der Waals surface area (Å²) in [7, 11) is 0. The van der Waals surface area contributed by atoms with E-state index in [0.717, 1.165) is 45.0 Å². The molecule has 0 N–H and O–H groups in total. The van der Waals surface area contributed by atoms with Crippen LogP contribution in [0.5, 0.6) is 0 Å². The van der Waals surface area contributed by atoms with Crippen molar-refractivity contribution < 1.29 is 21.7 Å². The number of rotatable bonds is 0. The number of hydrogen-bond acceptors (Lipinski definition) is 1. The van der Waals surface area contributed by atoms with Crippen LogP contribution in [0.15, 0.2) is 6.20 Å². The van der Waals surface area contributed by atoms with E-state index in [1.54, 1.807) is 6.20 Å². The normalized spacial score (nSPS) is 19.2.